The lowest BCUT2D eigenvalue weighted by atomic mass is 9.75. The highest BCUT2D eigenvalue weighted by Gasteiger charge is 2.37. The summed E-state index contributed by atoms with van der Waals surface area (Å²) in [6, 6.07) is 46.7. The van der Waals surface area contributed by atoms with Crippen LogP contribution in [0, 0.1) is 0 Å². The molecule has 0 saturated heterocycles. The summed E-state index contributed by atoms with van der Waals surface area (Å²) >= 11 is 0. The molecule has 0 bridgehead atoms. The summed E-state index contributed by atoms with van der Waals surface area (Å²) in [4.78, 5) is 10.2. The van der Waals surface area contributed by atoms with E-state index in [1.165, 1.54) is 0 Å². The molecule has 48 heavy (non-hydrogen) atoms. The minimum absolute atomic E-state index is 0.353. The topological polar surface area (TPSA) is 53.7 Å². The van der Waals surface area contributed by atoms with Gasteiger partial charge in [0.2, 0.25) is 11.6 Å². The van der Waals surface area contributed by atoms with Crippen molar-refractivity contribution in [2.45, 2.75) is 19.3 Å². The van der Waals surface area contributed by atoms with Crippen molar-refractivity contribution in [2.75, 3.05) is 0 Å². The van der Waals surface area contributed by atoms with Crippen LogP contribution < -0.4 is 4.74 Å². The third-order valence-corrected chi connectivity index (χ3v) is 10.2. The van der Waals surface area contributed by atoms with Crippen molar-refractivity contribution in [1.82, 2.24) is 27.9 Å². The van der Waals surface area contributed by atoms with E-state index in [1.807, 2.05) is 12.1 Å². The smallest absolute Gasteiger partial charge is 0.220 e. The van der Waals surface area contributed by atoms with Crippen molar-refractivity contribution in [3.8, 4) is 22.9 Å². The van der Waals surface area contributed by atoms with E-state index in [4.69, 9.17) is 14.7 Å². The molecule has 0 fully saturated rings. The van der Waals surface area contributed by atoms with Crippen molar-refractivity contribution in [3.05, 3.63) is 145 Å². The van der Waals surface area contributed by atoms with E-state index < -0.39 is 0 Å². The van der Waals surface area contributed by atoms with Gasteiger partial charge in [0.15, 0.2) is 5.75 Å². The van der Waals surface area contributed by atoms with Gasteiger partial charge in [-0.25, -0.2) is 9.97 Å². The number of ether oxygens (including phenoxy) is 1. The van der Waals surface area contributed by atoms with E-state index in [1.54, 1.807) is 0 Å². The molecule has 4 aromatic heterocycles. The average Bonchev–Trinajstić information content (AvgIpc) is 3.84. The number of hydrogen-bond donors (Lipinski definition) is 0. The van der Waals surface area contributed by atoms with Crippen LogP contribution in [0.5, 0.6) is 11.5 Å². The number of rotatable bonds is 2. The first-order valence-corrected chi connectivity index (χ1v) is 16.3. The number of imidazole rings is 4. The second-order valence-electron chi connectivity index (χ2n) is 13.2. The fourth-order valence-corrected chi connectivity index (χ4v) is 7.98. The molecule has 1 aliphatic rings. The largest absolute Gasteiger partial charge is 0.455 e. The number of hydrogen-bond acceptors (Lipinski definition) is 3. The van der Waals surface area contributed by atoms with E-state index >= 15 is 0 Å². The molecule has 0 aliphatic carbocycles. The predicted octanol–water partition coefficient (Wildman–Crippen LogP) is 9.61. The van der Waals surface area contributed by atoms with Crippen LogP contribution in [0.2, 0.25) is 0 Å². The summed E-state index contributed by atoms with van der Waals surface area (Å²) in [6.07, 6.45) is 0. The maximum Gasteiger partial charge on any atom is 0.220 e. The van der Waals surface area contributed by atoms with E-state index in [9.17, 15) is 0 Å². The summed E-state index contributed by atoms with van der Waals surface area (Å²) in [7, 11) is 0. The first-order valence-electron chi connectivity index (χ1n) is 16.3. The van der Waals surface area contributed by atoms with E-state index in [0.29, 0.717) is 0 Å². The number of para-hydroxylation sites is 9. The van der Waals surface area contributed by atoms with Gasteiger partial charge < -0.3 is 4.74 Å². The van der Waals surface area contributed by atoms with E-state index in [0.717, 1.165) is 89.7 Å². The monoisotopic (exact) mass is 620 g/mol. The number of benzene rings is 6. The van der Waals surface area contributed by atoms with Gasteiger partial charge in [-0.1, -0.05) is 74.5 Å². The van der Waals surface area contributed by atoms with Crippen LogP contribution in [0.25, 0.3) is 67.1 Å². The van der Waals surface area contributed by atoms with Gasteiger partial charge in [0.25, 0.3) is 0 Å². The average molecular weight is 621 g/mol. The zero-order valence-corrected chi connectivity index (χ0v) is 26.3. The minimum atomic E-state index is -0.353. The highest BCUT2D eigenvalue weighted by Crippen LogP contribution is 2.51. The highest BCUT2D eigenvalue weighted by atomic mass is 16.5. The quantitative estimate of drug-likeness (QED) is 0.193. The predicted molar refractivity (Wildman–Crippen MR) is 191 cm³/mol. The summed E-state index contributed by atoms with van der Waals surface area (Å²) in [5.74, 6) is 3.46. The molecule has 0 radical (unpaired) electrons. The fourth-order valence-electron chi connectivity index (χ4n) is 7.98. The van der Waals surface area contributed by atoms with Gasteiger partial charge in [0, 0.05) is 22.2 Å². The lowest BCUT2D eigenvalue weighted by Crippen LogP contribution is -2.25. The molecule has 0 spiro atoms. The molecule has 0 saturated carbocycles. The molecule has 1 aliphatic heterocycles. The Labute approximate surface area is 274 Å². The standard InChI is InChI=1S/C41H28N6O/c1-41(2)26-12-11-21-36(47-35-20-10-9-19-34(35)46-31-16-6-4-14-29(31)43-40(46)47)38(26)48-37-23-22-25(24-27(37)41)44-32-17-7-8-18-33(32)45-30-15-5-3-13-28(30)42-39(44)45/h3-24H,1-2H3. The van der Waals surface area contributed by atoms with Gasteiger partial charge in [-0.2, -0.15) is 0 Å². The second kappa shape index (κ2) is 8.92. The van der Waals surface area contributed by atoms with Gasteiger partial charge in [-0.15, -0.1) is 0 Å². The Hall–Kier alpha value is -6.34. The third-order valence-electron chi connectivity index (χ3n) is 10.2. The molecular weight excluding hydrogens is 592 g/mol. The van der Waals surface area contributed by atoms with Crippen LogP contribution >= 0.6 is 0 Å². The van der Waals surface area contributed by atoms with Crippen molar-refractivity contribution in [2.24, 2.45) is 0 Å². The number of fused-ring (bicyclic) bond motifs is 12. The van der Waals surface area contributed by atoms with Gasteiger partial charge in [0.05, 0.1) is 49.8 Å². The first-order chi connectivity index (χ1) is 23.6. The van der Waals surface area contributed by atoms with Crippen LogP contribution in [0.15, 0.2) is 133 Å². The highest BCUT2D eigenvalue weighted by molar-refractivity contribution is 5.94. The van der Waals surface area contributed by atoms with E-state index in [-0.39, 0.29) is 5.41 Å². The van der Waals surface area contributed by atoms with E-state index in [2.05, 4.69) is 153 Å². The molecule has 7 heteroatoms. The Morgan fingerprint density at radius 1 is 0.500 bits per heavy atom. The van der Waals surface area contributed by atoms with Crippen molar-refractivity contribution in [3.63, 3.8) is 0 Å². The summed E-state index contributed by atoms with van der Waals surface area (Å²) in [6.45, 7) is 4.59. The normalized spacial score (nSPS) is 14.0. The van der Waals surface area contributed by atoms with Crippen molar-refractivity contribution in [1.29, 1.82) is 0 Å². The zero-order chi connectivity index (χ0) is 31.7. The molecule has 11 rings (SSSR count). The molecule has 6 aromatic carbocycles. The molecule has 10 aromatic rings. The molecule has 0 N–H and O–H groups in total. The lowest BCUT2D eigenvalue weighted by Gasteiger charge is -2.36. The number of nitrogens with zero attached hydrogens (tertiary/aromatic N) is 6. The van der Waals surface area contributed by atoms with Crippen LogP contribution in [-0.2, 0) is 5.41 Å². The SMILES string of the molecule is CC1(C)c2cc(-n3c4ccccc4n4c5ccccc5nc34)ccc2Oc2c(-n3c4ccccc4n4c5ccccc5nc34)cccc21. The van der Waals surface area contributed by atoms with Crippen LogP contribution in [0.1, 0.15) is 25.0 Å². The van der Waals surface area contributed by atoms with Crippen LogP contribution in [0.4, 0.5) is 0 Å². The minimum Gasteiger partial charge on any atom is -0.455 e. The number of aromatic nitrogens is 6. The lowest BCUT2D eigenvalue weighted by molar-refractivity contribution is 0.416. The zero-order valence-electron chi connectivity index (χ0n) is 26.3. The van der Waals surface area contributed by atoms with Crippen molar-refractivity contribution < 1.29 is 4.74 Å². The maximum atomic E-state index is 6.95. The van der Waals surface area contributed by atoms with Gasteiger partial charge in [0.1, 0.15) is 5.75 Å². The third kappa shape index (κ3) is 3.17. The Bertz CT molecular complexity index is 2970. The summed E-state index contributed by atoms with van der Waals surface area (Å²) < 4.78 is 16.0. The Morgan fingerprint density at radius 2 is 1.04 bits per heavy atom. The molecule has 228 valence electrons. The summed E-state index contributed by atoms with van der Waals surface area (Å²) in [5, 5.41) is 0. The Kier molecular flexibility index (Phi) is 4.80. The van der Waals surface area contributed by atoms with Crippen LogP contribution in [-0.4, -0.2) is 27.9 Å². The van der Waals surface area contributed by atoms with Gasteiger partial charge in [-0.05, 0) is 72.8 Å². The molecule has 7 nitrogen and oxygen atoms in total. The molecule has 5 heterocycles. The molecular formula is C41H28N6O. The Morgan fingerprint density at radius 3 is 1.69 bits per heavy atom. The second-order valence-corrected chi connectivity index (χ2v) is 13.2. The maximum absolute atomic E-state index is 6.95. The van der Waals surface area contributed by atoms with Crippen LogP contribution in [0.3, 0.4) is 0 Å². The van der Waals surface area contributed by atoms with Gasteiger partial charge in [-0.3, -0.25) is 17.9 Å². The van der Waals surface area contributed by atoms with Gasteiger partial charge >= 0.3 is 0 Å². The summed E-state index contributed by atoms with van der Waals surface area (Å²) in [5.41, 5.74) is 12.5. The first kappa shape index (κ1) is 25.8. The molecule has 0 amide bonds. The van der Waals surface area contributed by atoms with Crippen molar-refractivity contribution >= 4 is 55.7 Å². The molecule has 0 atom stereocenters. The fraction of sp³-hybridized carbons (Fsp3) is 0.0732. The Balaban J connectivity index is 1.13. The molecule has 0 unspecified atom stereocenters.